The summed E-state index contributed by atoms with van der Waals surface area (Å²) in [5, 5.41) is 20.8. The van der Waals surface area contributed by atoms with Gasteiger partial charge in [0.05, 0.1) is 6.61 Å². The van der Waals surface area contributed by atoms with Gasteiger partial charge in [-0.1, -0.05) is 78.5 Å². The lowest BCUT2D eigenvalue weighted by Crippen LogP contribution is -2.17. The predicted octanol–water partition coefficient (Wildman–Crippen LogP) is 5.00. The minimum Gasteiger partial charge on any atom is -0.484 e. The fourth-order valence-corrected chi connectivity index (χ4v) is 4.14. The number of aromatic nitrogens is 2. The zero-order chi connectivity index (χ0) is 22.9. The highest BCUT2D eigenvalue weighted by atomic mass is 32.2. The Bertz CT molecular complexity index is 1150. The SMILES string of the molecule is Cc1c(OCc2nnc(SCc3ccc(CNCCO)cc3)o2)cccc1-c1ccccc1. The van der Waals surface area contributed by atoms with Crippen LogP contribution in [0.1, 0.15) is 22.6 Å². The van der Waals surface area contributed by atoms with Crippen LogP contribution in [0, 0.1) is 6.92 Å². The first-order valence-corrected chi connectivity index (χ1v) is 11.8. The first kappa shape index (κ1) is 23.0. The van der Waals surface area contributed by atoms with Crippen molar-refractivity contribution in [3.05, 3.63) is 95.4 Å². The van der Waals surface area contributed by atoms with Gasteiger partial charge in [-0.25, -0.2) is 0 Å². The number of aliphatic hydroxyl groups is 1. The van der Waals surface area contributed by atoms with Crippen molar-refractivity contribution in [3.8, 4) is 16.9 Å². The maximum absolute atomic E-state index is 8.83. The van der Waals surface area contributed by atoms with Crippen molar-refractivity contribution in [1.82, 2.24) is 15.5 Å². The molecule has 6 nitrogen and oxygen atoms in total. The van der Waals surface area contributed by atoms with Crippen LogP contribution in [0.5, 0.6) is 5.75 Å². The average Bonchev–Trinajstić information content (AvgIpc) is 3.31. The summed E-state index contributed by atoms with van der Waals surface area (Å²) in [5.41, 5.74) is 5.74. The number of thioether (sulfide) groups is 1. The van der Waals surface area contributed by atoms with Crippen molar-refractivity contribution in [2.45, 2.75) is 31.1 Å². The second kappa shape index (κ2) is 11.7. The van der Waals surface area contributed by atoms with Crippen LogP contribution >= 0.6 is 11.8 Å². The third-order valence-corrected chi connectivity index (χ3v) is 6.06. The quantitative estimate of drug-likeness (QED) is 0.240. The predicted molar refractivity (Wildman–Crippen MR) is 130 cm³/mol. The van der Waals surface area contributed by atoms with Crippen molar-refractivity contribution in [2.75, 3.05) is 13.2 Å². The Labute approximate surface area is 198 Å². The third-order valence-electron chi connectivity index (χ3n) is 5.17. The van der Waals surface area contributed by atoms with E-state index in [1.165, 1.54) is 22.9 Å². The fourth-order valence-electron chi connectivity index (χ4n) is 3.41. The zero-order valence-electron chi connectivity index (χ0n) is 18.5. The average molecular weight is 462 g/mol. The molecule has 170 valence electrons. The molecule has 0 amide bonds. The van der Waals surface area contributed by atoms with Crippen LogP contribution < -0.4 is 10.1 Å². The van der Waals surface area contributed by atoms with Crippen molar-refractivity contribution < 1.29 is 14.3 Å². The lowest BCUT2D eigenvalue weighted by molar-refractivity contribution is 0.251. The molecule has 0 bridgehead atoms. The van der Waals surface area contributed by atoms with Gasteiger partial charge in [-0.2, -0.15) is 0 Å². The molecule has 4 rings (SSSR count). The zero-order valence-corrected chi connectivity index (χ0v) is 19.3. The molecule has 0 radical (unpaired) electrons. The Balaban J connectivity index is 1.30. The van der Waals surface area contributed by atoms with E-state index in [-0.39, 0.29) is 13.2 Å². The summed E-state index contributed by atoms with van der Waals surface area (Å²) in [7, 11) is 0. The lowest BCUT2D eigenvalue weighted by atomic mass is 10.00. The highest BCUT2D eigenvalue weighted by Gasteiger charge is 2.11. The number of hydrogen-bond acceptors (Lipinski definition) is 7. The highest BCUT2D eigenvalue weighted by molar-refractivity contribution is 7.98. The van der Waals surface area contributed by atoms with Crippen LogP contribution in [0.3, 0.4) is 0 Å². The fraction of sp³-hybridized carbons (Fsp3) is 0.231. The lowest BCUT2D eigenvalue weighted by Gasteiger charge is -2.11. The van der Waals surface area contributed by atoms with Crippen LogP contribution in [0.4, 0.5) is 0 Å². The molecule has 3 aromatic carbocycles. The Hall–Kier alpha value is -3.13. The van der Waals surface area contributed by atoms with Gasteiger partial charge in [0, 0.05) is 18.8 Å². The Morgan fingerprint density at radius 1 is 0.939 bits per heavy atom. The summed E-state index contributed by atoms with van der Waals surface area (Å²) in [4.78, 5) is 0. The maximum atomic E-state index is 8.83. The van der Waals surface area contributed by atoms with Crippen LogP contribution in [0.2, 0.25) is 0 Å². The standard InChI is InChI=1S/C26H27N3O3S/c1-19-23(22-6-3-2-4-7-22)8-5-9-24(19)31-17-25-28-29-26(32-25)33-18-21-12-10-20(11-13-21)16-27-14-15-30/h2-13,27,30H,14-18H2,1H3. The summed E-state index contributed by atoms with van der Waals surface area (Å²) >= 11 is 1.50. The van der Waals surface area contributed by atoms with E-state index in [9.17, 15) is 0 Å². The number of aliphatic hydroxyl groups excluding tert-OH is 1. The largest absolute Gasteiger partial charge is 0.484 e. The van der Waals surface area contributed by atoms with E-state index < -0.39 is 0 Å². The third kappa shape index (κ3) is 6.44. The van der Waals surface area contributed by atoms with Gasteiger partial charge < -0.3 is 19.6 Å². The van der Waals surface area contributed by atoms with Crippen LogP contribution in [-0.2, 0) is 18.9 Å². The normalized spacial score (nSPS) is 11.0. The number of benzene rings is 3. The highest BCUT2D eigenvalue weighted by Crippen LogP contribution is 2.30. The number of hydrogen-bond donors (Lipinski definition) is 2. The smallest absolute Gasteiger partial charge is 0.277 e. The van der Waals surface area contributed by atoms with E-state index in [0.29, 0.717) is 17.7 Å². The van der Waals surface area contributed by atoms with Crippen LogP contribution in [0.15, 0.2) is 82.4 Å². The van der Waals surface area contributed by atoms with E-state index in [1.54, 1.807) is 0 Å². The molecule has 0 saturated heterocycles. The van der Waals surface area contributed by atoms with E-state index in [1.807, 2.05) is 30.3 Å². The van der Waals surface area contributed by atoms with Crippen LogP contribution in [0.25, 0.3) is 11.1 Å². The molecule has 0 aliphatic heterocycles. The summed E-state index contributed by atoms with van der Waals surface area (Å²) in [5.74, 6) is 2.00. The number of ether oxygens (including phenoxy) is 1. The Morgan fingerprint density at radius 2 is 1.73 bits per heavy atom. The molecule has 0 fully saturated rings. The molecular formula is C26H27N3O3S. The van der Waals surface area contributed by atoms with E-state index >= 15 is 0 Å². The molecule has 0 aliphatic carbocycles. The first-order valence-electron chi connectivity index (χ1n) is 10.9. The van der Waals surface area contributed by atoms with Gasteiger partial charge in [-0.15, -0.1) is 10.2 Å². The summed E-state index contributed by atoms with van der Waals surface area (Å²) in [6.07, 6.45) is 0. The van der Waals surface area contributed by atoms with Crippen molar-refractivity contribution >= 4 is 11.8 Å². The molecule has 1 aromatic heterocycles. The van der Waals surface area contributed by atoms with Crippen molar-refractivity contribution in [2.24, 2.45) is 0 Å². The Kier molecular flexibility index (Phi) is 8.14. The monoisotopic (exact) mass is 461 g/mol. The minimum atomic E-state index is 0.144. The van der Waals surface area contributed by atoms with Crippen molar-refractivity contribution in [3.63, 3.8) is 0 Å². The summed E-state index contributed by atoms with van der Waals surface area (Å²) < 4.78 is 11.7. The second-order valence-corrected chi connectivity index (χ2v) is 8.48. The van der Waals surface area contributed by atoms with Gasteiger partial charge in [0.1, 0.15) is 5.75 Å². The first-order chi connectivity index (χ1) is 16.2. The van der Waals surface area contributed by atoms with Gasteiger partial charge in [0.15, 0.2) is 6.61 Å². The molecule has 1 heterocycles. The second-order valence-electron chi connectivity index (χ2n) is 7.55. The van der Waals surface area contributed by atoms with Gasteiger partial charge >= 0.3 is 0 Å². The van der Waals surface area contributed by atoms with Gasteiger partial charge in [-0.3, -0.25) is 0 Å². The number of nitrogens with zero attached hydrogens (tertiary/aromatic N) is 2. The molecule has 0 unspecified atom stereocenters. The summed E-state index contributed by atoms with van der Waals surface area (Å²) in [6, 6.07) is 24.6. The van der Waals surface area contributed by atoms with E-state index in [0.717, 1.165) is 34.7 Å². The molecule has 0 spiro atoms. The Morgan fingerprint density at radius 3 is 2.52 bits per heavy atom. The topological polar surface area (TPSA) is 80.4 Å². The molecule has 0 saturated carbocycles. The molecule has 2 N–H and O–H groups in total. The van der Waals surface area contributed by atoms with Gasteiger partial charge in [-0.05, 0) is 40.8 Å². The molecule has 4 aromatic rings. The summed E-state index contributed by atoms with van der Waals surface area (Å²) in [6.45, 7) is 3.77. The molecule has 0 aliphatic rings. The van der Waals surface area contributed by atoms with Gasteiger partial charge in [0.2, 0.25) is 0 Å². The van der Waals surface area contributed by atoms with Gasteiger partial charge in [0.25, 0.3) is 11.1 Å². The van der Waals surface area contributed by atoms with E-state index in [2.05, 4.69) is 64.9 Å². The number of nitrogens with one attached hydrogen (secondary N) is 1. The number of rotatable bonds is 11. The molecule has 33 heavy (non-hydrogen) atoms. The van der Waals surface area contributed by atoms with Crippen LogP contribution in [-0.4, -0.2) is 28.5 Å². The maximum Gasteiger partial charge on any atom is 0.277 e. The molecule has 7 heteroatoms. The molecule has 0 atom stereocenters. The minimum absolute atomic E-state index is 0.144. The molecular weight excluding hydrogens is 434 g/mol. The van der Waals surface area contributed by atoms with Crippen molar-refractivity contribution in [1.29, 1.82) is 0 Å². The van der Waals surface area contributed by atoms with E-state index in [4.69, 9.17) is 14.3 Å².